The number of hydrogen-bond acceptors (Lipinski definition) is 3. The maximum absolute atomic E-state index is 13.9. The second kappa shape index (κ2) is 9.49. The maximum Gasteiger partial charge on any atom is 0.410 e. The molecule has 0 aromatic heterocycles. The van der Waals surface area contributed by atoms with Crippen LogP contribution in [0.5, 0.6) is 0 Å². The van der Waals surface area contributed by atoms with Crippen molar-refractivity contribution in [3.63, 3.8) is 0 Å². The van der Waals surface area contributed by atoms with E-state index in [9.17, 15) is 9.59 Å². The van der Waals surface area contributed by atoms with Crippen molar-refractivity contribution in [3.05, 3.63) is 84.9 Å². The lowest BCUT2D eigenvalue weighted by molar-refractivity contribution is -0.122. The molecular weight excluding hydrogens is 412 g/mol. The largest absolute Gasteiger partial charge is 0.444 e. The zero-order valence-electron chi connectivity index (χ0n) is 19.4. The van der Waals surface area contributed by atoms with Gasteiger partial charge in [0.05, 0.1) is 0 Å². The first kappa shape index (κ1) is 22.6. The van der Waals surface area contributed by atoms with Crippen molar-refractivity contribution in [1.29, 1.82) is 0 Å². The van der Waals surface area contributed by atoms with Crippen LogP contribution in [0.25, 0.3) is 11.1 Å². The van der Waals surface area contributed by atoms with Crippen LogP contribution in [0.3, 0.4) is 0 Å². The molecule has 1 atom stereocenters. The Bertz CT molecular complexity index is 1090. The molecule has 1 aliphatic rings. The summed E-state index contributed by atoms with van der Waals surface area (Å²) in [6, 6.07) is 27.1. The van der Waals surface area contributed by atoms with E-state index < -0.39 is 17.7 Å². The predicted molar refractivity (Wildman–Crippen MR) is 131 cm³/mol. The summed E-state index contributed by atoms with van der Waals surface area (Å²) < 4.78 is 5.57. The first-order chi connectivity index (χ1) is 15.8. The van der Waals surface area contributed by atoms with Gasteiger partial charge < -0.3 is 4.74 Å². The van der Waals surface area contributed by atoms with Gasteiger partial charge in [-0.25, -0.2) is 4.79 Å². The molecule has 0 saturated carbocycles. The van der Waals surface area contributed by atoms with Crippen molar-refractivity contribution < 1.29 is 14.3 Å². The van der Waals surface area contributed by atoms with E-state index >= 15 is 0 Å². The number of amides is 2. The number of hydrogen-bond donors (Lipinski definition) is 0. The summed E-state index contributed by atoms with van der Waals surface area (Å²) in [4.78, 5) is 29.9. The first-order valence-electron chi connectivity index (χ1n) is 11.4. The molecular formula is C28H30N2O3. The number of likely N-dealkylation sites (tertiary alicyclic amines) is 1. The van der Waals surface area contributed by atoms with Gasteiger partial charge >= 0.3 is 6.09 Å². The average Bonchev–Trinajstić information content (AvgIpc) is 3.30. The van der Waals surface area contributed by atoms with Crippen molar-refractivity contribution in [3.8, 4) is 11.1 Å². The number of para-hydroxylation sites is 1. The third-order valence-corrected chi connectivity index (χ3v) is 5.63. The van der Waals surface area contributed by atoms with Crippen molar-refractivity contribution in [1.82, 2.24) is 4.90 Å². The lowest BCUT2D eigenvalue weighted by Gasteiger charge is -2.32. The van der Waals surface area contributed by atoms with Crippen LogP contribution >= 0.6 is 0 Å². The molecule has 0 unspecified atom stereocenters. The smallest absolute Gasteiger partial charge is 0.410 e. The molecule has 33 heavy (non-hydrogen) atoms. The maximum atomic E-state index is 13.9. The molecule has 0 spiro atoms. The highest BCUT2D eigenvalue weighted by molar-refractivity contribution is 6.04. The Morgan fingerprint density at radius 1 is 0.818 bits per heavy atom. The first-order valence-corrected chi connectivity index (χ1v) is 11.4. The fraction of sp³-hybridized carbons (Fsp3) is 0.286. The molecule has 1 heterocycles. The topological polar surface area (TPSA) is 49.9 Å². The fourth-order valence-electron chi connectivity index (χ4n) is 4.13. The lowest BCUT2D eigenvalue weighted by atomic mass is 10.0. The van der Waals surface area contributed by atoms with Gasteiger partial charge in [0.2, 0.25) is 0 Å². The quantitative estimate of drug-likeness (QED) is 0.469. The van der Waals surface area contributed by atoms with E-state index in [0.717, 1.165) is 28.9 Å². The Morgan fingerprint density at radius 2 is 1.36 bits per heavy atom. The highest BCUT2D eigenvalue weighted by atomic mass is 16.6. The van der Waals surface area contributed by atoms with Crippen LogP contribution in [0, 0.1) is 0 Å². The van der Waals surface area contributed by atoms with Crippen LogP contribution in [-0.2, 0) is 9.53 Å². The molecule has 3 aromatic rings. The minimum atomic E-state index is -0.611. The van der Waals surface area contributed by atoms with Crippen molar-refractivity contribution in [2.75, 3.05) is 11.4 Å². The molecule has 0 N–H and O–H groups in total. The molecule has 5 nitrogen and oxygen atoms in total. The molecule has 5 heteroatoms. The van der Waals surface area contributed by atoms with E-state index in [4.69, 9.17) is 4.74 Å². The zero-order valence-corrected chi connectivity index (χ0v) is 19.4. The zero-order chi connectivity index (χ0) is 23.4. The molecule has 0 radical (unpaired) electrons. The molecule has 2 amide bonds. The summed E-state index contributed by atoms with van der Waals surface area (Å²) in [7, 11) is 0. The number of nitrogens with zero attached hydrogens (tertiary/aromatic N) is 2. The molecule has 4 rings (SSSR count). The van der Waals surface area contributed by atoms with Gasteiger partial charge in [0.25, 0.3) is 5.91 Å². The van der Waals surface area contributed by atoms with Gasteiger partial charge in [-0.1, -0.05) is 60.7 Å². The molecule has 0 bridgehead atoms. The number of carbonyl (C=O) groups is 2. The third-order valence-electron chi connectivity index (χ3n) is 5.63. The van der Waals surface area contributed by atoms with Gasteiger partial charge in [-0.2, -0.15) is 0 Å². The van der Waals surface area contributed by atoms with Crippen LogP contribution in [0.15, 0.2) is 84.9 Å². The number of ether oxygens (including phenoxy) is 1. The van der Waals surface area contributed by atoms with Crippen LogP contribution in [-0.4, -0.2) is 35.1 Å². The summed E-state index contributed by atoms with van der Waals surface area (Å²) in [6.45, 7) is 6.02. The molecule has 1 fully saturated rings. The Morgan fingerprint density at radius 3 is 1.97 bits per heavy atom. The highest BCUT2D eigenvalue weighted by Crippen LogP contribution is 2.32. The van der Waals surface area contributed by atoms with E-state index in [2.05, 4.69) is 12.1 Å². The Balaban J connectivity index is 1.65. The van der Waals surface area contributed by atoms with Gasteiger partial charge in [0.15, 0.2) is 0 Å². The minimum absolute atomic E-state index is 0.128. The van der Waals surface area contributed by atoms with Crippen LogP contribution in [0.2, 0.25) is 0 Å². The van der Waals surface area contributed by atoms with E-state index in [1.54, 1.807) is 9.80 Å². The molecule has 3 aromatic carbocycles. The van der Waals surface area contributed by atoms with Gasteiger partial charge in [-0.05, 0) is 69.0 Å². The summed E-state index contributed by atoms with van der Waals surface area (Å²) in [5, 5.41) is 0. The van der Waals surface area contributed by atoms with Gasteiger partial charge in [-0.3, -0.25) is 14.6 Å². The Labute approximate surface area is 195 Å². The molecule has 1 aliphatic heterocycles. The number of benzene rings is 3. The number of anilines is 2. The standard InChI is InChI=1S/C28H30N2O3/c1-28(2,3)33-27(32)29-20-10-15-25(29)26(31)30(23-13-8-5-9-14-23)24-18-16-22(17-19-24)21-11-6-4-7-12-21/h4-9,11-14,16-19,25H,10,15,20H2,1-3H3/t25-/m0/s1. The molecule has 0 aliphatic carbocycles. The monoisotopic (exact) mass is 442 g/mol. The van der Waals surface area contributed by atoms with Crippen LogP contribution in [0.4, 0.5) is 16.2 Å². The molecule has 1 saturated heterocycles. The second-order valence-corrected chi connectivity index (χ2v) is 9.25. The van der Waals surface area contributed by atoms with Crippen molar-refractivity contribution in [2.45, 2.75) is 45.3 Å². The van der Waals surface area contributed by atoms with E-state index in [-0.39, 0.29) is 5.91 Å². The van der Waals surface area contributed by atoms with Crippen LogP contribution in [0.1, 0.15) is 33.6 Å². The van der Waals surface area contributed by atoms with E-state index in [1.165, 1.54) is 0 Å². The van der Waals surface area contributed by atoms with E-state index in [0.29, 0.717) is 13.0 Å². The average molecular weight is 443 g/mol. The summed E-state index contributed by atoms with van der Waals surface area (Å²) in [5.74, 6) is -0.128. The second-order valence-electron chi connectivity index (χ2n) is 9.25. The normalized spacial score (nSPS) is 15.8. The number of carbonyl (C=O) groups excluding carboxylic acids is 2. The van der Waals surface area contributed by atoms with Gasteiger partial charge in [0.1, 0.15) is 11.6 Å². The summed E-state index contributed by atoms with van der Waals surface area (Å²) in [5.41, 5.74) is 3.12. The minimum Gasteiger partial charge on any atom is -0.444 e. The summed E-state index contributed by atoms with van der Waals surface area (Å²) >= 11 is 0. The number of rotatable bonds is 4. The third kappa shape index (κ3) is 5.25. The Hall–Kier alpha value is -3.60. The Kier molecular flexibility index (Phi) is 6.50. The summed E-state index contributed by atoms with van der Waals surface area (Å²) in [6.07, 6.45) is 0.945. The molecule has 170 valence electrons. The van der Waals surface area contributed by atoms with Crippen LogP contribution < -0.4 is 4.90 Å². The van der Waals surface area contributed by atoms with Gasteiger partial charge in [0, 0.05) is 17.9 Å². The predicted octanol–water partition coefficient (Wildman–Crippen LogP) is 6.42. The SMILES string of the molecule is CC(C)(C)OC(=O)N1CCC[C@H]1C(=O)N(c1ccccc1)c1ccc(-c2ccccc2)cc1. The van der Waals surface area contributed by atoms with Gasteiger partial charge in [-0.15, -0.1) is 0 Å². The van der Waals surface area contributed by atoms with Crippen molar-refractivity contribution in [2.24, 2.45) is 0 Å². The highest BCUT2D eigenvalue weighted by Gasteiger charge is 2.39. The lowest BCUT2D eigenvalue weighted by Crippen LogP contribution is -2.48. The van der Waals surface area contributed by atoms with Crippen molar-refractivity contribution >= 4 is 23.4 Å². The fourth-order valence-corrected chi connectivity index (χ4v) is 4.13. The van der Waals surface area contributed by atoms with E-state index in [1.807, 2.05) is 93.6 Å².